The van der Waals surface area contributed by atoms with Crippen molar-refractivity contribution >= 4 is 17.3 Å². The zero-order valence-electron chi connectivity index (χ0n) is 7.63. The molecule has 0 saturated heterocycles. The smallest absolute Gasteiger partial charge is 0.337 e. The quantitative estimate of drug-likeness (QED) is 0.528. The molecule has 0 heterocycles. The first-order chi connectivity index (χ1) is 6.17. The third-order valence-corrected chi connectivity index (χ3v) is 1.67. The maximum absolute atomic E-state index is 11.1. The molecule has 0 atom stereocenters. The second kappa shape index (κ2) is 3.80. The summed E-state index contributed by atoms with van der Waals surface area (Å²) in [6.07, 6.45) is 0. The molecule has 0 saturated carbocycles. The number of carbonyl (C=O) groups excluding carboxylic acids is 1. The molecule has 0 aliphatic rings. The Kier molecular flexibility index (Phi) is 2.74. The van der Waals surface area contributed by atoms with Crippen molar-refractivity contribution < 1.29 is 9.53 Å². The summed E-state index contributed by atoms with van der Waals surface area (Å²) in [5.41, 5.74) is 7.36. The highest BCUT2D eigenvalue weighted by atomic mass is 16.5. The number of carbonyl (C=O) groups is 1. The number of hydrogen-bond acceptors (Lipinski definition) is 4. The molecule has 13 heavy (non-hydrogen) atoms. The molecule has 0 aliphatic heterocycles. The number of hydrogen-bond donors (Lipinski definition) is 2. The van der Waals surface area contributed by atoms with Gasteiger partial charge in [0.2, 0.25) is 0 Å². The van der Waals surface area contributed by atoms with Crippen LogP contribution in [0.1, 0.15) is 10.4 Å². The number of nitrogen functional groups attached to an aromatic ring is 1. The van der Waals surface area contributed by atoms with E-state index in [1.54, 1.807) is 25.2 Å². The Morgan fingerprint density at radius 2 is 2.15 bits per heavy atom. The summed E-state index contributed by atoms with van der Waals surface area (Å²) in [5.74, 6) is -0.385. The SMILES string of the molecule is CNc1cc(N)cc(C(=O)OC)c1. The van der Waals surface area contributed by atoms with E-state index in [-0.39, 0.29) is 5.97 Å². The van der Waals surface area contributed by atoms with Gasteiger partial charge in [-0.15, -0.1) is 0 Å². The largest absolute Gasteiger partial charge is 0.465 e. The number of nitrogens with two attached hydrogens (primary N) is 1. The van der Waals surface area contributed by atoms with Gasteiger partial charge in [-0.25, -0.2) is 4.79 Å². The summed E-state index contributed by atoms with van der Waals surface area (Å²) in [6, 6.07) is 5.00. The molecule has 4 heteroatoms. The number of rotatable bonds is 2. The predicted molar refractivity (Wildman–Crippen MR) is 51.7 cm³/mol. The zero-order chi connectivity index (χ0) is 9.84. The highest BCUT2D eigenvalue weighted by Gasteiger charge is 2.06. The van der Waals surface area contributed by atoms with Crippen LogP contribution in [0.5, 0.6) is 0 Å². The van der Waals surface area contributed by atoms with Crippen molar-refractivity contribution in [3.05, 3.63) is 23.8 Å². The normalized spacial score (nSPS) is 9.38. The first-order valence-corrected chi connectivity index (χ1v) is 3.84. The predicted octanol–water partition coefficient (Wildman–Crippen LogP) is 1.10. The van der Waals surface area contributed by atoms with Gasteiger partial charge in [0.1, 0.15) is 0 Å². The number of benzene rings is 1. The van der Waals surface area contributed by atoms with Crippen LogP contribution in [0, 0.1) is 0 Å². The maximum atomic E-state index is 11.1. The summed E-state index contributed by atoms with van der Waals surface area (Å²) < 4.78 is 4.57. The molecule has 1 rings (SSSR count). The molecule has 0 fully saturated rings. The molecule has 70 valence electrons. The first kappa shape index (κ1) is 9.38. The third-order valence-electron chi connectivity index (χ3n) is 1.67. The standard InChI is InChI=1S/C9H12N2O2/c1-11-8-4-6(9(12)13-2)3-7(10)5-8/h3-5,11H,10H2,1-2H3. The number of esters is 1. The zero-order valence-corrected chi connectivity index (χ0v) is 7.63. The van der Waals surface area contributed by atoms with Crippen LogP contribution in [0.25, 0.3) is 0 Å². The van der Waals surface area contributed by atoms with Crippen molar-refractivity contribution in [1.82, 2.24) is 0 Å². The van der Waals surface area contributed by atoms with Crippen LogP contribution < -0.4 is 11.1 Å². The maximum Gasteiger partial charge on any atom is 0.337 e. The lowest BCUT2D eigenvalue weighted by atomic mass is 10.2. The van der Waals surface area contributed by atoms with Crippen LogP contribution in [0.15, 0.2) is 18.2 Å². The van der Waals surface area contributed by atoms with Gasteiger partial charge >= 0.3 is 5.97 Å². The Morgan fingerprint density at radius 1 is 1.46 bits per heavy atom. The molecule has 0 aromatic heterocycles. The molecular weight excluding hydrogens is 168 g/mol. The summed E-state index contributed by atoms with van der Waals surface area (Å²) in [5, 5.41) is 2.90. The number of anilines is 2. The van der Waals surface area contributed by atoms with Gasteiger partial charge in [-0.1, -0.05) is 0 Å². The van der Waals surface area contributed by atoms with E-state index in [0.717, 1.165) is 5.69 Å². The lowest BCUT2D eigenvalue weighted by molar-refractivity contribution is 0.0601. The Hall–Kier alpha value is -1.71. The minimum atomic E-state index is -0.385. The van der Waals surface area contributed by atoms with Crippen molar-refractivity contribution in [1.29, 1.82) is 0 Å². The Morgan fingerprint density at radius 3 is 2.69 bits per heavy atom. The van der Waals surface area contributed by atoms with Gasteiger partial charge in [-0.05, 0) is 18.2 Å². The van der Waals surface area contributed by atoms with E-state index in [2.05, 4.69) is 10.1 Å². The van der Waals surface area contributed by atoms with E-state index in [1.807, 2.05) is 0 Å². The van der Waals surface area contributed by atoms with Crippen LogP contribution in [0.4, 0.5) is 11.4 Å². The summed E-state index contributed by atoms with van der Waals surface area (Å²) in [7, 11) is 3.10. The van der Waals surface area contributed by atoms with E-state index in [1.165, 1.54) is 7.11 Å². The fourth-order valence-corrected chi connectivity index (χ4v) is 1.03. The molecular formula is C9H12N2O2. The number of ether oxygens (including phenoxy) is 1. The lowest BCUT2D eigenvalue weighted by Gasteiger charge is -2.05. The first-order valence-electron chi connectivity index (χ1n) is 3.84. The minimum Gasteiger partial charge on any atom is -0.465 e. The van der Waals surface area contributed by atoms with Gasteiger partial charge < -0.3 is 15.8 Å². The van der Waals surface area contributed by atoms with Gasteiger partial charge in [0, 0.05) is 18.4 Å². The van der Waals surface area contributed by atoms with Gasteiger partial charge in [-0.2, -0.15) is 0 Å². The minimum absolute atomic E-state index is 0.385. The van der Waals surface area contributed by atoms with E-state index in [0.29, 0.717) is 11.3 Å². The molecule has 0 aliphatic carbocycles. The molecule has 1 aromatic rings. The highest BCUT2D eigenvalue weighted by Crippen LogP contribution is 2.16. The molecule has 0 radical (unpaired) electrons. The van der Waals surface area contributed by atoms with Crippen LogP contribution in [-0.2, 0) is 4.74 Å². The molecule has 0 bridgehead atoms. The van der Waals surface area contributed by atoms with Gasteiger partial charge in [0.05, 0.1) is 12.7 Å². The monoisotopic (exact) mass is 180 g/mol. The van der Waals surface area contributed by atoms with Crippen LogP contribution in [0.3, 0.4) is 0 Å². The average Bonchev–Trinajstić information content (AvgIpc) is 2.15. The van der Waals surface area contributed by atoms with Gasteiger partial charge in [0.25, 0.3) is 0 Å². The van der Waals surface area contributed by atoms with Crippen LogP contribution in [0.2, 0.25) is 0 Å². The Balaban J connectivity index is 3.08. The molecule has 0 spiro atoms. The molecule has 4 nitrogen and oxygen atoms in total. The summed E-state index contributed by atoms with van der Waals surface area (Å²) >= 11 is 0. The average molecular weight is 180 g/mol. The van der Waals surface area contributed by atoms with Crippen LogP contribution in [-0.4, -0.2) is 20.1 Å². The lowest BCUT2D eigenvalue weighted by Crippen LogP contribution is -2.03. The fourth-order valence-electron chi connectivity index (χ4n) is 1.03. The van der Waals surface area contributed by atoms with E-state index < -0.39 is 0 Å². The van der Waals surface area contributed by atoms with E-state index >= 15 is 0 Å². The van der Waals surface area contributed by atoms with E-state index in [4.69, 9.17) is 5.73 Å². The topological polar surface area (TPSA) is 64.3 Å². The summed E-state index contributed by atoms with van der Waals surface area (Å²) in [6.45, 7) is 0. The van der Waals surface area contributed by atoms with Crippen molar-refractivity contribution in [2.75, 3.05) is 25.2 Å². The molecule has 3 N–H and O–H groups in total. The second-order valence-electron chi connectivity index (χ2n) is 2.59. The number of nitrogens with one attached hydrogen (secondary N) is 1. The highest BCUT2D eigenvalue weighted by molar-refractivity contribution is 5.91. The van der Waals surface area contributed by atoms with Gasteiger partial charge in [0.15, 0.2) is 0 Å². The molecule has 0 unspecified atom stereocenters. The molecule has 1 aromatic carbocycles. The second-order valence-corrected chi connectivity index (χ2v) is 2.59. The van der Waals surface area contributed by atoms with E-state index in [9.17, 15) is 4.79 Å². The Bertz CT molecular complexity index is 323. The molecule has 0 amide bonds. The van der Waals surface area contributed by atoms with Crippen molar-refractivity contribution in [2.45, 2.75) is 0 Å². The van der Waals surface area contributed by atoms with Gasteiger partial charge in [-0.3, -0.25) is 0 Å². The van der Waals surface area contributed by atoms with Crippen LogP contribution >= 0.6 is 0 Å². The third kappa shape index (κ3) is 2.11. The fraction of sp³-hybridized carbons (Fsp3) is 0.222. The van der Waals surface area contributed by atoms with Crippen molar-refractivity contribution in [3.63, 3.8) is 0 Å². The number of methoxy groups -OCH3 is 1. The Labute approximate surface area is 76.7 Å². The van der Waals surface area contributed by atoms with Crippen molar-refractivity contribution in [3.8, 4) is 0 Å². The summed E-state index contributed by atoms with van der Waals surface area (Å²) in [4.78, 5) is 11.1. The van der Waals surface area contributed by atoms with Crippen molar-refractivity contribution in [2.24, 2.45) is 0 Å².